The average Bonchev–Trinajstić information content (AvgIpc) is 3.07. The van der Waals surface area contributed by atoms with Crippen LogP contribution in [0, 0.1) is 5.82 Å². The molecule has 2 amide bonds. The van der Waals surface area contributed by atoms with Gasteiger partial charge in [-0.1, -0.05) is 65.3 Å². The highest BCUT2D eigenvalue weighted by Crippen LogP contribution is 2.28. The summed E-state index contributed by atoms with van der Waals surface area (Å²) < 4.78 is 49.5. The molecule has 1 N–H and O–H groups in total. The number of nitrogens with zero attached hydrogens (tertiary/aromatic N) is 2. The van der Waals surface area contributed by atoms with Crippen LogP contribution in [0.4, 0.5) is 10.1 Å². The largest absolute Gasteiger partial charge is 0.494 e. The summed E-state index contributed by atoms with van der Waals surface area (Å²) in [7, 11) is -4.26. The molecule has 0 aromatic heterocycles. The van der Waals surface area contributed by atoms with Crippen molar-refractivity contribution >= 4 is 43.5 Å². The van der Waals surface area contributed by atoms with Crippen molar-refractivity contribution in [2.75, 3.05) is 17.5 Å². The van der Waals surface area contributed by atoms with Gasteiger partial charge in [0.25, 0.3) is 10.0 Å². The Morgan fingerprint density at radius 3 is 2.11 bits per heavy atom. The van der Waals surface area contributed by atoms with Gasteiger partial charge in [-0.25, -0.2) is 12.8 Å². The number of sulfonamides is 1. The monoisotopic (exact) mass is 723 g/mol. The molecule has 11 heteroatoms. The maximum Gasteiger partial charge on any atom is 0.264 e. The number of carbonyl (C=O) groups excluding carboxylic acids is 2. The molecule has 0 saturated heterocycles. The van der Waals surface area contributed by atoms with Crippen LogP contribution in [0.15, 0.2) is 112 Å². The molecule has 0 fully saturated rings. The number of ether oxygens (including phenoxy) is 1. The van der Waals surface area contributed by atoms with Crippen LogP contribution in [0.25, 0.3) is 0 Å². The van der Waals surface area contributed by atoms with Crippen LogP contribution in [0.1, 0.15) is 38.3 Å². The fraction of sp³-hybridized carbons (Fsp3) is 0.278. The van der Waals surface area contributed by atoms with E-state index in [9.17, 15) is 22.4 Å². The van der Waals surface area contributed by atoms with Crippen LogP contribution in [-0.2, 0) is 32.6 Å². The maximum atomic E-state index is 14.5. The van der Waals surface area contributed by atoms with Gasteiger partial charge in [-0.3, -0.25) is 13.9 Å². The molecule has 4 aromatic carbocycles. The SMILES string of the molecule is CCOc1ccc(N(CC(=O)N(Cc2ccc(F)cc2)[C@H](Cc2ccccc2)C(=O)N[C@@H](C)CC)S(=O)(=O)c2ccc(Br)cc2)cc1. The van der Waals surface area contributed by atoms with Gasteiger partial charge in [-0.05, 0) is 92.1 Å². The molecule has 47 heavy (non-hydrogen) atoms. The van der Waals surface area contributed by atoms with Gasteiger partial charge in [0.05, 0.1) is 17.2 Å². The average molecular weight is 725 g/mol. The predicted octanol–water partition coefficient (Wildman–Crippen LogP) is 6.74. The number of rotatable bonds is 15. The number of hydrogen-bond donors (Lipinski definition) is 1. The van der Waals surface area contributed by atoms with Crippen molar-refractivity contribution in [1.29, 1.82) is 0 Å². The molecule has 0 aliphatic heterocycles. The number of nitrogens with one attached hydrogen (secondary N) is 1. The fourth-order valence-corrected chi connectivity index (χ4v) is 6.60. The van der Waals surface area contributed by atoms with Crippen molar-refractivity contribution < 1.29 is 27.1 Å². The first-order chi connectivity index (χ1) is 22.5. The quantitative estimate of drug-likeness (QED) is 0.147. The van der Waals surface area contributed by atoms with Crippen LogP contribution in [0.2, 0.25) is 0 Å². The van der Waals surface area contributed by atoms with Gasteiger partial charge in [0.15, 0.2) is 0 Å². The van der Waals surface area contributed by atoms with E-state index in [4.69, 9.17) is 4.74 Å². The summed E-state index contributed by atoms with van der Waals surface area (Å²) >= 11 is 3.35. The second-order valence-corrected chi connectivity index (χ2v) is 13.8. The Morgan fingerprint density at radius 1 is 0.872 bits per heavy atom. The van der Waals surface area contributed by atoms with Gasteiger partial charge in [-0.15, -0.1) is 0 Å². The Labute approximate surface area is 284 Å². The number of anilines is 1. The Hall–Kier alpha value is -4.22. The maximum absolute atomic E-state index is 14.5. The molecule has 0 aliphatic carbocycles. The highest BCUT2D eigenvalue weighted by molar-refractivity contribution is 9.10. The summed E-state index contributed by atoms with van der Waals surface area (Å²) in [6.07, 6.45) is 0.852. The summed E-state index contributed by atoms with van der Waals surface area (Å²) in [4.78, 5) is 29.8. The number of benzene rings is 4. The van der Waals surface area contributed by atoms with Crippen molar-refractivity contribution in [3.8, 4) is 5.75 Å². The lowest BCUT2D eigenvalue weighted by atomic mass is 10.0. The molecule has 0 aliphatic rings. The third kappa shape index (κ3) is 9.65. The summed E-state index contributed by atoms with van der Waals surface area (Å²) in [6, 6.07) is 26.4. The zero-order valence-corrected chi connectivity index (χ0v) is 29.0. The minimum atomic E-state index is -4.26. The van der Waals surface area contributed by atoms with E-state index in [-0.39, 0.29) is 35.5 Å². The van der Waals surface area contributed by atoms with E-state index in [0.29, 0.717) is 28.8 Å². The lowest BCUT2D eigenvalue weighted by Gasteiger charge is -2.34. The van der Waals surface area contributed by atoms with Crippen LogP contribution in [-0.4, -0.2) is 50.4 Å². The highest BCUT2D eigenvalue weighted by atomic mass is 79.9. The minimum Gasteiger partial charge on any atom is -0.494 e. The Kier molecular flexibility index (Phi) is 12.6. The molecular formula is C36H39BrFN3O5S. The third-order valence-corrected chi connectivity index (χ3v) is 9.97. The van der Waals surface area contributed by atoms with Gasteiger partial charge in [-0.2, -0.15) is 0 Å². The number of amides is 2. The zero-order chi connectivity index (χ0) is 34.0. The third-order valence-electron chi connectivity index (χ3n) is 7.65. The standard InChI is InChI=1S/C36H39BrFN3O5S/c1-4-26(3)39-36(43)34(23-27-9-7-6-8-10-27)40(24-28-11-15-30(38)16-12-28)35(42)25-41(31-17-19-32(20-18-31)46-5-2)47(44,45)33-21-13-29(37)14-22-33/h6-22,26,34H,4-5,23-25H2,1-3H3,(H,39,43)/t26-,34+/m0/s1. The molecule has 4 rings (SSSR count). The van der Waals surface area contributed by atoms with Crippen molar-refractivity contribution in [3.63, 3.8) is 0 Å². The van der Waals surface area contributed by atoms with E-state index in [1.54, 1.807) is 48.5 Å². The van der Waals surface area contributed by atoms with E-state index in [1.807, 2.05) is 51.1 Å². The first-order valence-corrected chi connectivity index (χ1v) is 17.6. The van der Waals surface area contributed by atoms with E-state index in [1.165, 1.54) is 29.2 Å². The first-order valence-electron chi connectivity index (χ1n) is 15.4. The van der Waals surface area contributed by atoms with Crippen molar-refractivity contribution in [1.82, 2.24) is 10.2 Å². The van der Waals surface area contributed by atoms with Gasteiger partial charge >= 0.3 is 0 Å². The molecule has 0 heterocycles. The van der Waals surface area contributed by atoms with Crippen molar-refractivity contribution in [2.24, 2.45) is 0 Å². The number of halogens is 2. The second kappa shape index (κ2) is 16.6. The summed E-state index contributed by atoms with van der Waals surface area (Å²) in [5, 5.41) is 3.00. The highest BCUT2D eigenvalue weighted by Gasteiger charge is 2.35. The van der Waals surface area contributed by atoms with E-state index < -0.39 is 34.3 Å². The van der Waals surface area contributed by atoms with Crippen molar-refractivity contribution in [3.05, 3.63) is 125 Å². The second-order valence-electron chi connectivity index (χ2n) is 11.1. The molecule has 0 saturated carbocycles. The molecule has 0 spiro atoms. The Morgan fingerprint density at radius 2 is 1.51 bits per heavy atom. The topological polar surface area (TPSA) is 96.0 Å². The van der Waals surface area contributed by atoms with Crippen LogP contribution in [0.5, 0.6) is 5.75 Å². The summed E-state index contributed by atoms with van der Waals surface area (Å²) in [5.41, 5.74) is 1.65. The first kappa shape index (κ1) is 35.6. The molecule has 0 radical (unpaired) electrons. The normalized spacial score (nSPS) is 12.5. The Balaban J connectivity index is 1.80. The van der Waals surface area contributed by atoms with E-state index in [0.717, 1.165) is 9.87 Å². The fourth-order valence-electron chi connectivity index (χ4n) is 4.92. The van der Waals surface area contributed by atoms with E-state index >= 15 is 0 Å². The summed E-state index contributed by atoms with van der Waals surface area (Å²) in [6.45, 7) is 5.44. The van der Waals surface area contributed by atoms with Gasteiger partial charge in [0, 0.05) is 23.5 Å². The van der Waals surface area contributed by atoms with Gasteiger partial charge in [0.2, 0.25) is 11.8 Å². The zero-order valence-electron chi connectivity index (χ0n) is 26.6. The number of carbonyl (C=O) groups is 2. The Bertz CT molecular complexity index is 1720. The minimum absolute atomic E-state index is 0.0113. The molecular weight excluding hydrogens is 685 g/mol. The molecule has 0 bridgehead atoms. The number of hydrogen-bond acceptors (Lipinski definition) is 5. The molecule has 4 aromatic rings. The lowest BCUT2D eigenvalue weighted by Crippen LogP contribution is -2.54. The molecule has 0 unspecified atom stereocenters. The van der Waals surface area contributed by atoms with Crippen LogP contribution in [0.3, 0.4) is 0 Å². The van der Waals surface area contributed by atoms with Crippen LogP contribution >= 0.6 is 15.9 Å². The van der Waals surface area contributed by atoms with E-state index in [2.05, 4.69) is 21.2 Å². The van der Waals surface area contributed by atoms with Gasteiger partial charge < -0.3 is 15.0 Å². The van der Waals surface area contributed by atoms with Crippen LogP contribution < -0.4 is 14.4 Å². The smallest absolute Gasteiger partial charge is 0.264 e. The molecule has 2 atom stereocenters. The molecule has 248 valence electrons. The molecule has 8 nitrogen and oxygen atoms in total. The predicted molar refractivity (Wildman–Crippen MR) is 185 cm³/mol. The van der Waals surface area contributed by atoms with Gasteiger partial charge in [0.1, 0.15) is 24.2 Å². The summed E-state index contributed by atoms with van der Waals surface area (Å²) in [5.74, 6) is -0.874. The van der Waals surface area contributed by atoms with Crippen molar-refractivity contribution in [2.45, 2.75) is 57.1 Å². The lowest BCUT2D eigenvalue weighted by molar-refractivity contribution is -0.140.